The second-order valence-corrected chi connectivity index (χ2v) is 21.1. The summed E-state index contributed by atoms with van der Waals surface area (Å²) in [6, 6.07) is 5.55. The molecule has 68 heavy (non-hydrogen) atoms. The number of phosphoric acid groups is 3. The van der Waals surface area contributed by atoms with Gasteiger partial charge in [-0.2, -0.15) is 8.62 Å². The second kappa shape index (κ2) is 18.8. The first-order chi connectivity index (χ1) is 32.4. The number of piperidine rings is 1. The fourth-order valence-corrected chi connectivity index (χ4v) is 12.8. The molecule has 5 N–H and O–H groups in total. The molecule has 5 aliphatic heterocycles. The zero-order valence-corrected chi connectivity index (χ0v) is 38.9. The predicted molar refractivity (Wildman–Crippen MR) is 233 cm³/mol. The molecule has 0 radical (unpaired) electrons. The van der Waals surface area contributed by atoms with E-state index in [4.69, 9.17) is 24.7 Å². The average Bonchev–Trinajstić information content (AvgIpc) is 3.27. The van der Waals surface area contributed by atoms with E-state index in [2.05, 4.69) is 50.8 Å². The van der Waals surface area contributed by atoms with E-state index < -0.39 is 66.8 Å². The molecule has 0 spiro atoms. The number of aromatic carboxylic acids is 1. The number of fused-ring (bicyclic) bond motifs is 3. The summed E-state index contributed by atoms with van der Waals surface area (Å²) in [7, 11) is -16.7. The summed E-state index contributed by atoms with van der Waals surface area (Å²) < 4.78 is 59.1. The Bertz CT molecular complexity index is 3040. The summed E-state index contributed by atoms with van der Waals surface area (Å²) in [5.41, 5.74) is 9.48. The highest BCUT2D eigenvalue weighted by Gasteiger charge is 2.42. The largest absolute Gasteiger partial charge is 0.858 e. The Kier molecular flexibility index (Phi) is 13.2. The van der Waals surface area contributed by atoms with Gasteiger partial charge in [0, 0.05) is 83.6 Å². The van der Waals surface area contributed by atoms with Crippen molar-refractivity contribution in [3.63, 3.8) is 0 Å². The molecule has 0 amide bonds. The maximum atomic E-state index is 13.8. The molecule has 6 heterocycles. The van der Waals surface area contributed by atoms with Crippen LogP contribution < -0.4 is 30.4 Å². The molecule has 2 unspecified atom stereocenters. The maximum Gasteiger partial charge on any atom is 0.490 e. The minimum absolute atomic E-state index is 0.0598. The summed E-state index contributed by atoms with van der Waals surface area (Å²) in [6.07, 6.45) is 9.08. The molecule has 2 aromatic carbocycles. The molecule has 0 saturated carbocycles. The lowest BCUT2D eigenvalue weighted by atomic mass is 9.75. The fraction of sp³-hybridized carbons (Fsp3) is 0.395. The number of nitrogens with one attached hydrogen (secondary N) is 1. The number of allylic oxidation sites excluding steroid dienone is 3. The number of aromatic nitrogens is 2. The summed E-state index contributed by atoms with van der Waals surface area (Å²) in [5.74, 6) is 4.76. The van der Waals surface area contributed by atoms with Crippen LogP contribution in [0.5, 0.6) is 11.8 Å². The van der Waals surface area contributed by atoms with Gasteiger partial charge in [0.05, 0.1) is 37.3 Å². The van der Waals surface area contributed by atoms with Crippen LogP contribution in [0.1, 0.15) is 88.7 Å². The number of anilines is 1. The number of ether oxygens (including phenoxy) is 2. The van der Waals surface area contributed by atoms with E-state index >= 15 is 0 Å². The van der Waals surface area contributed by atoms with Gasteiger partial charge in [0.2, 0.25) is 0 Å². The third-order valence-corrected chi connectivity index (χ3v) is 16.1. The maximum absolute atomic E-state index is 13.8. The first-order valence-corrected chi connectivity index (χ1v) is 26.2. The van der Waals surface area contributed by atoms with Crippen molar-refractivity contribution in [1.82, 2.24) is 14.5 Å². The van der Waals surface area contributed by atoms with Gasteiger partial charge in [-0.05, 0) is 91.7 Å². The van der Waals surface area contributed by atoms with Crippen LogP contribution in [0.4, 0.5) is 5.69 Å². The van der Waals surface area contributed by atoms with E-state index in [1.807, 2.05) is 0 Å². The summed E-state index contributed by atoms with van der Waals surface area (Å²) in [5, 5.41) is 47.4. The van der Waals surface area contributed by atoms with Gasteiger partial charge < -0.3 is 63.5 Å². The summed E-state index contributed by atoms with van der Waals surface area (Å²) in [6.45, 7) is 1.68. The molecule has 25 heteroatoms. The molecule has 9 rings (SSSR count). The lowest BCUT2D eigenvalue weighted by molar-refractivity contribution is -0.289. The van der Waals surface area contributed by atoms with Crippen LogP contribution in [0.3, 0.4) is 0 Å². The highest BCUT2D eigenvalue weighted by atomic mass is 31.3. The van der Waals surface area contributed by atoms with Gasteiger partial charge in [-0.25, -0.2) is 18.7 Å². The number of hydrogen-bond acceptors (Lipinski definition) is 17. The highest BCUT2D eigenvalue weighted by molar-refractivity contribution is 7.66. The fourth-order valence-electron chi connectivity index (χ4n) is 9.78. The van der Waals surface area contributed by atoms with Crippen LogP contribution in [0.15, 0.2) is 63.6 Å². The molecule has 1 aliphatic carbocycles. The molecule has 3 aromatic rings. The number of carboxylic acids is 1. The van der Waals surface area contributed by atoms with Crippen molar-refractivity contribution in [1.29, 1.82) is 5.41 Å². The zero-order chi connectivity index (χ0) is 48.1. The smallest absolute Gasteiger partial charge is 0.490 e. The zero-order valence-electron chi connectivity index (χ0n) is 36.2. The van der Waals surface area contributed by atoms with Gasteiger partial charge in [-0.1, -0.05) is 24.0 Å². The van der Waals surface area contributed by atoms with Gasteiger partial charge in [-0.3, -0.25) is 14.9 Å². The number of nitrogens with zero attached hydrogens (tertiary/aromatic N) is 5. The van der Waals surface area contributed by atoms with E-state index in [1.165, 1.54) is 34.7 Å². The van der Waals surface area contributed by atoms with Gasteiger partial charge in [0.15, 0.2) is 5.49 Å². The number of carbonyl (C=O) groups excluding carboxylic acids is 1. The standard InChI is InChI=1S/C43H47N6O16P3/c44-40-28(23-49(43(53)46-40)24-61-18-19-62-67(57,58)65-68(59,60)64-66(54,55)56)6-1-13-45-41(50)27-11-12-29(42(51)52)32(22-27)35-33-20-25-7-2-14-47-16-4-9-30(36(25)47)38(33)63-39-31-10-5-17-48-15-3-8-26(37(31)48)21-34(35)39/h11-12,20,22-23H,2-5,7-10,13-19,21,24H2,(H,45,50)(H,51,52)(H,57,58)(H,59,60)(H2,44,46,53)(H2,54,55,56)/p-3. The molecular formula is C43H44N6O16P3-3. The minimum Gasteiger partial charge on any atom is -0.858 e. The van der Waals surface area contributed by atoms with Crippen molar-refractivity contribution in [2.45, 2.75) is 64.5 Å². The summed E-state index contributed by atoms with van der Waals surface area (Å²) in [4.78, 5) is 61.7. The van der Waals surface area contributed by atoms with Crippen LogP contribution in [0, 0.1) is 17.3 Å². The quantitative estimate of drug-likeness (QED) is 0.0507. The predicted octanol–water partition coefficient (Wildman–Crippen LogP) is 1.97. The molecule has 1 aromatic heterocycles. The first kappa shape index (κ1) is 47.7. The van der Waals surface area contributed by atoms with Crippen molar-refractivity contribution in [3.8, 4) is 23.6 Å². The van der Waals surface area contributed by atoms with Crippen molar-refractivity contribution in [3.05, 3.63) is 103 Å². The van der Waals surface area contributed by atoms with Gasteiger partial charge in [0.25, 0.3) is 0 Å². The van der Waals surface area contributed by atoms with Gasteiger partial charge >= 0.3 is 23.5 Å². The van der Waals surface area contributed by atoms with Crippen molar-refractivity contribution < 1.29 is 76.0 Å². The molecule has 22 nitrogen and oxygen atoms in total. The Morgan fingerprint density at radius 1 is 0.897 bits per heavy atom. The normalized spacial score (nSPS) is 19.4. The Balaban J connectivity index is 0.974. The Morgan fingerprint density at radius 3 is 2.40 bits per heavy atom. The number of carboxylic acid groups (broad SMARTS) is 1. The SMILES string of the molecule is N=c1nc([O-])n(COCCOP(=O)(O)OP(=O)(O)OP(=O)(O)O)cc1C#CCN=C([O-])c1ccc(C(=O)[O-])c(C2=C3CC4=C5C(=C3Oc3c2cc2c6c3CCCN6CCC2)CCCN5CCC4)c1. The molecule has 360 valence electrons. The van der Waals surface area contributed by atoms with Crippen LogP contribution in [-0.4, -0.2) is 91.8 Å². The summed E-state index contributed by atoms with van der Waals surface area (Å²) >= 11 is 0. The van der Waals surface area contributed by atoms with E-state index in [0.717, 1.165) is 122 Å². The molecular weight excluding hydrogens is 949 g/mol. The molecule has 0 bridgehead atoms. The minimum atomic E-state index is -5.71. The topological polar surface area (TPSA) is 325 Å². The van der Waals surface area contributed by atoms with Crippen LogP contribution in [-0.2, 0) is 51.1 Å². The van der Waals surface area contributed by atoms with Crippen molar-refractivity contribution >= 4 is 46.6 Å². The van der Waals surface area contributed by atoms with Crippen molar-refractivity contribution in [2.24, 2.45) is 4.99 Å². The lowest BCUT2D eigenvalue weighted by Crippen LogP contribution is -2.38. The first-order valence-electron chi connectivity index (χ1n) is 21.7. The van der Waals surface area contributed by atoms with Crippen LogP contribution in [0.2, 0.25) is 0 Å². The number of carbonyl (C=O) groups is 1. The molecule has 2 atom stereocenters. The van der Waals surface area contributed by atoms with Crippen molar-refractivity contribution in [2.75, 3.05) is 50.8 Å². The third kappa shape index (κ3) is 9.88. The average molecular weight is 994 g/mol. The van der Waals surface area contributed by atoms with Crippen LogP contribution in [0.25, 0.3) is 5.57 Å². The Labute approximate surface area is 388 Å². The lowest BCUT2D eigenvalue weighted by Gasteiger charge is -2.45. The molecule has 6 aliphatic rings. The van der Waals surface area contributed by atoms with E-state index in [0.29, 0.717) is 17.6 Å². The Hall–Kier alpha value is -5.39. The van der Waals surface area contributed by atoms with Crippen LogP contribution >= 0.6 is 23.5 Å². The number of rotatable bonds is 14. The highest BCUT2D eigenvalue weighted by Crippen LogP contribution is 2.66. The van der Waals surface area contributed by atoms with Gasteiger partial charge in [0.1, 0.15) is 18.2 Å². The number of benzene rings is 2. The molecule has 1 fully saturated rings. The number of hydrogen-bond donors (Lipinski definition) is 5. The second-order valence-electron chi connectivity index (χ2n) is 16.7. The third-order valence-electron chi connectivity index (χ3n) is 12.3. The number of aliphatic imine (C=N–C) groups is 1. The molecule has 1 saturated heterocycles. The number of phosphoric ester groups is 1. The monoisotopic (exact) mass is 993 g/mol. The van der Waals surface area contributed by atoms with E-state index in [1.54, 1.807) is 6.07 Å². The Morgan fingerprint density at radius 2 is 1.63 bits per heavy atom. The van der Waals surface area contributed by atoms with E-state index in [9.17, 15) is 43.6 Å². The number of aryl methyl sites for hydroxylation is 1. The van der Waals surface area contributed by atoms with E-state index in [-0.39, 0.29) is 23.2 Å². The van der Waals surface area contributed by atoms with Gasteiger partial charge in [-0.15, -0.1) is 0 Å².